The monoisotopic (exact) mass is 251 g/mol. The Morgan fingerprint density at radius 2 is 1.84 bits per heavy atom. The minimum Gasteiger partial charge on any atom is -0.399 e. The zero-order valence-corrected chi connectivity index (χ0v) is 10.5. The van der Waals surface area contributed by atoms with Crippen molar-refractivity contribution in [2.75, 3.05) is 5.73 Å². The minimum atomic E-state index is 0.716. The largest absolute Gasteiger partial charge is 0.399 e. The fourth-order valence-corrected chi connectivity index (χ4v) is 2.03. The van der Waals surface area contributed by atoms with Crippen LogP contribution in [0.4, 0.5) is 5.69 Å². The molecule has 0 radical (unpaired) electrons. The standard InChI is InChI=1S/C14H13N5/c1-10-9-12(15)7-8-13(10)19-14(16-17-18-19)11-5-3-2-4-6-11/h2-9H,15H2,1H3. The zero-order chi connectivity index (χ0) is 13.2. The van der Waals surface area contributed by atoms with E-state index >= 15 is 0 Å². The predicted octanol–water partition coefficient (Wildman–Crippen LogP) is 2.22. The molecule has 0 bridgehead atoms. The topological polar surface area (TPSA) is 69.6 Å². The first-order valence-electron chi connectivity index (χ1n) is 5.96. The molecule has 0 unspecified atom stereocenters. The van der Waals surface area contributed by atoms with Crippen LogP contribution >= 0.6 is 0 Å². The van der Waals surface area contributed by atoms with Crippen LogP contribution in [-0.2, 0) is 0 Å². The van der Waals surface area contributed by atoms with Crippen LogP contribution in [0.2, 0.25) is 0 Å². The van der Waals surface area contributed by atoms with Crippen molar-refractivity contribution in [1.82, 2.24) is 20.2 Å². The van der Waals surface area contributed by atoms with Gasteiger partial charge in [0.25, 0.3) is 0 Å². The van der Waals surface area contributed by atoms with Crippen LogP contribution in [0.1, 0.15) is 5.56 Å². The molecule has 0 aliphatic rings. The number of hydrogen-bond donors (Lipinski definition) is 1. The Bertz CT molecular complexity index is 703. The van der Waals surface area contributed by atoms with Crippen molar-refractivity contribution >= 4 is 5.69 Å². The van der Waals surface area contributed by atoms with Crippen molar-refractivity contribution in [3.05, 3.63) is 54.1 Å². The average Bonchev–Trinajstić information content (AvgIpc) is 2.89. The molecule has 94 valence electrons. The normalized spacial score (nSPS) is 10.6. The van der Waals surface area contributed by atoms with Gasteiger partial charge >= 0.3 is 0 Å². The molecular weight excluding hydrogens is 238 g/mol. The van der Waals surface area contributed by atoms with Gasteiger partial charge in [0.05, 0.1) is 5.69 Å². The van der Waals surface area contributed by atoms with E-state index in [1.807, 2.05) is 55.5 Å². The lowest BCUT2D eigenvalue weighted by atomic mass is 10.1. The minimum absolute atomic E-state index is 0.716. The second-order valence-corrected chi connectivity index (χ2v) is 4.33. The van der Waals surface area contributed by atoms with Gasteiger partial charge in [-0.2, -0.15) is 4.68 Å². The summed E-state index contributed by atoms with van der Waals surface area (Å²) in [7, 11) is 0. The number of hydrogen-bond acceptors (Lipinski definition) is 4. The SMILES string of the molecule is Cc1cc(N)ccc1-n1nnnc1-c1ccccc1. The average molecular weight is 251 g/mol. The van der Waals surface area contributed by atoms with Gasteiger partial charge in [-0.05, 0) is 41.1 Å². The summed E-state index contributed by atoms with van der Waals surface area (Å²) in [6, 6.07) is 15.5. The van der Waals surface area contributed by atoms with Crippen molar-refractivity contribution in [3.8, 4) is 17.1 Å². The van der Waals surface area contributed by atoms with Crippen molar-refractivity contribution < 1.29 is 0 Å². The number of nitrogen functional groups attached to an aromatic ring is 1. The Hall–Kier alpha value is -2.69. The third-order valence-electron chi connectivity index (χ3n) is 2.95. The molecule has 0 amide bonds. The van der Waals surface area contributed by atoms with Crippen LogP contribution in [0.25, 0.3) is 17.1 Å². The van der Waals surface area contributed by atoms with E-state index in [0.29, 0.717) is 5.82 Å². The summed E-state index contributed by atoms with van der Waals surface area (Å²) in [5, 5.41) is 11.9. The highest BCUT2D eigenvalue weighted by molar-refractivity contribution is 5.59. The first kappa shape index (κ1) is 11.4. The molecule has 2 aromatic carbocycles. The highest BCUT2D eigenvalue weighted by atomic mass is 15.5. The molecule has 5 nitrogen and oxygen atoms in total. The fraction of sp³-hybridized carbons (Fsp3) is 0.0714. The van der Waals surface area contributed by atoms with Crippen LogP contribution in [-0.4, -0.2) is 20.2 Å². The molecule has 2 N–H and O–H groups in total. The van der Waals surface area contributed by atoms with Gasteiger partial charge in [-0.1, -0.05) is 30.3 Å². The van der Waals surface area contributed by atoms with Gasteiger partial charge in [0, 0.05) is 11.3 Å². The van der Waals surface area contributed by atoms with Crippen LogP contribution in [0.15, 0.2) is 48.5 Å². The van der Waals surface area contributed by atoms with Crippen molar-refractivity contribution in [1.29, 1.82) is 0 Å². The van der Waals surface area contributed by atoms with Gasteiger partial charge in [-0.15, -0.1) is 5.10 Å². The zero-order valence-electron chi connectivity index (χ0n) is 10.5. The number of tetrazole rings is 1. The van der Waals surface area contributed by atoms with Crippen LogP contribution in [0.5, 0.6) is 0 Å². The summed E-state index contributed by atoms with van der Waals surface area (Å²) in [4.78, 5) is 0. The van der Waals surface area contributed by atoms with Crippen LogP contribution in [0.3, 0.4) is 0 Å². The summed E-state index contributed by atoms with van der Waals surface area (Å²) < 4.78 is 1.73. The summed E-state index contributed by atoms with van der Waals surface area (Å²) in [5.74, 6) is 0.716. The molecule has 0 saturated carbocycles. The van der Waals surface area contributed by atoms with E-state index in [1.54, 1.807) is 4.68 Å². The van der Waals surface area contributed by atoms with Crippen molar-refractivity contribution in [3.63, 3.8) is 0 Å². The van der Waals surface area contributed by atoms with Gasteiger partial charge in [0.2, 0.25) is 0 Å². The molecule has 1 heterocycles. The lowest BCUT2D eigenvalue weighted by Crippen LogP contribution is -2.02. The number of aromatic nitrogens is 4. The highest BCUT2D eigenvalue weighted by Gasteiger charge is 2.11. The molecule has 19 heavy (non-hydrogen) atoms. The molecule has 0 aliphatic carbocycles. The second-order valence-electron chi connectivity index (χ2n) is 4.33. The van der Waals surface area contributed by atoms with E-state index in [0.717, 1.165) is 22.5 Å². The Morgan fingerprint density at radius 1 is 1.05 bits per heavy atom. The number of benzene rings is 2. The third kappa shape index (κ3) is 2.06. The second kappa shape index (κ2) is 4.53. The van der Waals surface area contributed by atoms with Crippen LogP contribution < -0.4 is 5.73 Å². The maximum atomic E-state index is 5.77. The van der Waals surface area contributed by atoms with E-state index in [-0.39, 0.29) is 0 Å². The molecule has 1 aromatic heterocycles. The fourth-order valence-electron chi connectivity index (χ4n) is 2.03. The maximum absolute atomic E-state index is 5.77. The maximum Gasteiger partial charge on any atom is 0.187 e. The van der Waals surface area contributed by atoms with Crippen molar-refractivity contribution in [2.24, 2.45) is 0 Å². The van der Waals surface area contributed by atoms with E-state index in [2.05, 4.69) is 15.5 Å². The van der Waals surface area contributed by atoms with Gasteiger partial charge in [0.15, 0.2) is 5.82 Å². The van der Waals surface area contributed by atoms with E-state index in [9.17, 15) is 0 Å². The summed E-state index contributed by atoms with van der Waals surface area (Å²) >= 11 is 0. The summed E-state index contributed by atoms with van der Waals surface area (Å²) in [5.41, 5.74) is 9.44. The Balaban J connectivity index is 2.15. The van der Waals surface area contributed by atoms with Crippen LogP contribution in [0, 0.1) is 6.92 Å². The van der Waals surface area contributed by atoms with E-state index in [1.165, 1.54) is 0 Å². The summed E-state index contributed by atoms with van der Waals surface area (Å²) in [6.45, 7) is 1.99. The molecule has 0 spiro atoms. The van der Waals surface area contributed by atoms with E-state index < -0.39 is 0 Å². The number of aryl methyl sites for hydroxylation is 1. The van der Waals surface area contributed by atoms with E-state index in [4.69, 9.17) is 5.73 Å². The van der Waals surface area contributed by atoms with Gasteiger partial charge in [-0.25, -0.2) is 0 Å². The van der Waals surface area contributed by atoms with Gasteiger partial charge in [-0.3, -0.25) is 0 Å². The first-order valence-corrected chi connectivity index (χ1v) is 5.96. The quantitative estimate of drug-likeness (QED) is 0.709. The first-order chi connectivity index (χ1) is 9.25. The molecule has 0 saturated heterocycles. The Kier molecular flexibility index (Phi) is 2.72. The molecule has 0 aliphatic heterocycles. The number of rotatable bonds is 2. The lowest BCUT2D eigenvalue weighted by molar-refractivity contribution is 0.787. The van der Waals surface area contributed by atoms with Crippen molar-refractivity contribution in [2.45, 2.75) is 6.92 Å². The molecular formula is C14H13N5. The number of nitrogens with two attached hydrogens (primary N) is 1. The molecule has 3 aromatic rings. The number of anilines is 1. The summed E-state index contributed by atoms with van der Waals surface area (Å²) in [6.07, 6.45) is 0. The smallest absolute Gasteiger partial charge is 0.187 e. The lowest BCUT2D eigenvalue weighted by Gasteiger charge is -2.08. The molecule has 0 atom stereocenters. The molecule has 0 fully saturated rings. The highest BCUT2D eigenvalue weighted by Crippen LogP contribution is 2.22. The molecule has 3 rings (SSSR count). The molecule has 5 heteroatoms. The third-order valence-corrected chi connectivity index (χ3v) is 2.95. The Morgan fingerprint density at radius 3 is 2.58 bits per heavy atom. The van der Waals surface area contributed by atoms with Gasteiger partial charge in [0.1, 0.15) is 0 Å². The predicted molar refractivity (Wildman–Crippen MR) is 73.7 cm³/mol. The Labute approximate surface area is 110 Å². The van der Waals surface area contributed by atoms with Gasteiger partial charge < -0.3 is 5.73 Å². The number of nitrogens with zero attached hydrogens (tertiary/aromatic N) is 4.